The number of nitro benzene ring substituents is 1. The standard InChI is InChI=1S/C13H15ClN2O4/c1-8-13(2,5-6-20-8)15-12(17)9-3-4-10(14)11(7-9)16(18)19/h3-4,7-8H,5-6H2,1-2H3,(H,15,17). The number of nitro groups is 1. The highest BCUT2D eigenvalue weighted by Gasteiger charge is 2.38. The molecular formula is C13H15ClN2O4. The number of nitrogens with one attached hydrogen (secondary N) is 1. The number of carbonyl (C=O) groups excluding carboxylic acids is 1. The maximum absolute atomic E-state index is 12.2. The Morgan fingerprint density at radius 2 is 2.30 bits per heavy atom. The summed E-state index contributed by atoms with van der Waals surface area (Å²) in [6, 6.07) is 4.00. The van der Waals surface area contributed by atoms with Crippen LogP contribution in [0.2, 0.25) is 5.02 Å². The molecule has 1 heterocycles. The summed E-state index contributed by atoms with van der Waals surface area (Å²) in [4.78, 5) is 22.4. The second-order valence-electron chi connectivity index (χ2n) is 5.06. The normalized spacial score (nSPS) is 25.4. The van der Waals surface area contributed by atoms with E-state index in [2.05, 4.69) is 5.32 Å². The van der Waals surface area contributed by atoms with Gasteiger partial charge in [-0.2, -0.15) is 0 Å². The first-order valence-corrected chi connectivity index (χ1v) is 6.59. The molecule has 1 saturated heterocycles. The molecule has 2 atom stereocenters. The first-order chi connectivity index (χ1) is 9.33. The molecule has 0 aliphatic carbocycles. The number of amides is 1. The minimum Gasteiger partial charge on any atom is -0.376 e. The fourth-order valence-electron chi connectivity index (χ4n) is 2.12. The molecule has 1 aliphatic heterocycles. The zero-order chi connectivity index (χ0) is 14.9. The highest BCUT2D eigenvalue weighted by atomic mass is 35.5. The van der Waals surface area contributed by atoms with Crippen LogP contribution in [0.15, 0.2) is 18.2 Å². The largest absolute Gasteiger partial charge is 0.376 e. The molecule has 1 fully saturated rings. The van der Waals surface area contributed by atoms with E-state index in [1.807, 2.05) is 13.8 Å². The molecule has 0 bridgehead atoms. The first-order valence-electron chi connectivity index (χ1n) is 6.21. The van der Waals surface area contributed by atoms with Crippen molar-refractivity contribution in [3.05, 3.63) is 38.9 Å². The van der Waals surface area contributed by atoms with E-state index >= 15 is 0 Å². The first kappa shape index (κ1) is 14.7. The Hall–Kier alpha value is -1.66. The van der Waals surface area contributed by atoms with Crippen molar-refractivity contribution in [3.8, 4) is 0 Å². The van der Waals surface area contributed by atoms with Crippen molar-refractivity contribution in [2.75, 3.05) is 6.61 Å². The van der Waals surface area contributed by atoms with Crippen molar-refractivity contribution in [2.24, 2.45) is 0 Å². The summed E-state index contributed by atoms with van der Waals surface area (Å²) in [6.07, 6.45) is 0.601. The molecule has 2 unspecified atom stereocenters. The van der Waals surface area contributed by atoms with Gasteiger partial charge in [0, 0.05) is 18.2 Å². The van der Waals surface area contributed by atoms with Gasteiger partial charge in [0.25, 0.3) is 11.6 Å². The third kappa shape index (κ3) is 2.76. The highest BCUT2D eigenvalue weighted by molar-refractivity contribution is 6.32. The van der Waals surface area contributed by atoms with Crippen molar-refractivity contribution in [3.63, 3.8) is 0 Å². The second-order valence-corrected chi connectivity index (χ2v) is 5.47. The van der Waals surface area contributed by atoms with Crippen LogP contribution in [0, 0.1) is 10.1 Å². The maximum atomic E-state index is 12.2. The third-order valence-corrected chi connectivity index (χ3v) is 4.01. The van der Waals surface area contributed by atoms with Gasteiger partial charge < -0.3 is 10.1 Å². The second kappa shape index (κ2) is 5.38. The van der Waals surface area contributed by atoms with Gasteiger partial charge in [0.05, 0.1) is 16.6 Å². The number of carbonyl (C=O) groups is 1. The lowest BCUT2D eigenvalue weighted by Gasteiger charge is -2.28. The number of hydrogen-bond acceptors (Lipinski definition) is 4. The molecule has 0 radical (unpaired) electrons. The van der Waals surface area contributed by atoms with Gasteiger partial charge in [-0.25, -0.2) is 0 Å². The van der Waals surface area contributed by atoms with Crippen molar-refractivity contribution in [1.29, 1.82) is 0 Å². The van der Waals surface area contributed by atoms with E-state index in [1.54, 1.807) is 0 Å². The Labute approximate surface area is 121 Å². The molecule has 20 heavy (non-hydrogen) atoms. The van der Waals surface area contributed by atoms with Crippen LogP contribution in [0.5, 0.6) is 0 Å². The summed E-state index contributed by atoms with van der Waals surface area (Å²) in [5.74, 6) is -0.371. The summed E-state index contributed by atoms with van der Waals surface area (Å²) in [7, 11) is 0. The molecule has 6 nitrogen and oxygen atoms in total. The van der Waals surface area contributed by atoms with E-state index in [-0.39, 0.29) is 28.3 Å². The third-order valence-electron chi connectivity index (χ3n) is 3.69. The summed E-state index contributed by atoms with van der Waals surface area (Å²) in [6.45, 7) is 4.36. The minimum absolute atomic E-state index is 0.00956. The van der Waals surface area contributed by atoms with Crippen molar-refractivity contribution < 1.29 is 14.5 Å². The fourth-order valence-corrected chi connectivity index (χ4v) is 2.31. The Bertz CT molecular complexity index is 563. The lowest BCUT2D eigenvalue weighted by Crippen LogP contribution is -2.50. The summed E-state index contributed by atoms with van der Waals surface area (Å²) >= 11 is 5.72. The Balaban J connectivity index is 2.22. The van der Waals surface area contributed by atoms with Crippen LogP contribution in [0.3, 0.4) is 0 Å². The van der Waals surface area contributed by atoms with Crippen LogP contribution in [0.25, 0.3) is 0 Å². The SMILES string of the molecule is CC1OCCC1(C)NC(=O)c1ccc(Cl)c([N+](=O)[O-])c1. The number of ether oxygens (including phenoxy) is 1. The maximum Gasteiger partial charge on any atom is 0.288 e. The van der Waals surface area contributed by atoms with E-state index < -0.39 is 10.5 Å². The van der Waals surface area contributed by atoms with Crippen molar-refractivity contribution in [2.45, 2.75) is 31.9 Å². The van der Waals surface area contributed by atoms with Crippen LogP contribution in [0.1, 0.15) is 30.6 Å². The highest BCUT2D eigenvalue weighted by Crippen LogP contribution is 2.28. The topological polar surface area (TPSA) is 81.5 Å². The summed E-state index contributed by atoms with van der Waals surface area (Å²) in [5.41, 5.74) is -0.535. The Morgan fingerprint density at radius 1 is 1.60 bits per heavy atom. The number of nitrogens with zero attached hydrogens (tertiary/aromatic N) is 1. The molecule has 0 aromatic heterocycles. The predicted molar refractivity (Wildman–Crippen MR) is 74.0 cm³/mol. The quantitative estimate of drug-likeness (QED) is 0.687. The van der Waals surface area contributed by atoms with Crippen LogP contribution in [-0.2, 0) is 4.74 Å². The number of halogens is 1. The van der Waals surface area contributed by atoms with Crippen molar-refractivity contribution >= 4 is 23.2 Å². The summed E-state index contributed by atoms with van der Waals surface area (Å²) < 4.78 is 5.44. The van der Waals surface area contributed by atoms with Gasteiger partial charge in [-0.05, 0) is 32.4 Å². The van der Waals surface area contributed by atoms with Gasteiger partial charge >= 0.3 is 0 Å². The molecule has 0 spiro atoms. The van der Waals surface area contributed by atoms with Crippen LogP contribution >= 0.6 is 11.6 Å². The fraction of sp³-hybridized carbons (Fsp3) is 0.462. The minimum atomic E-state index is -0.609. The number of hydrogen-bond donors (Lipinski definition) is 1. The van der Waals surface area contributed by atoms with Gasteiger partial charge in [-0.15, -0.1) is 0 Å². The molecule has 108 valence electrons. The van der Waals surface area contributed by atoms with Crippen LogP contribution in [0.4, 0.5) is 5.69 Å². The lowest BCUT2D eigenvalue weighted by atomic mass is 9.94. The molecular weight excluding hydrogens is 284 g/mol. The monoisotopic (exact) mass is 298 g/mol. The molecule has 1 aromatic carbocycles. The molecule has 1 amide bonds. The van der Waals surface area contributed by atoms with E-state index in [0.717, 1.165) is 0 Å². The van der Waals surface area contributed by atoms with E-state index in [9.17, 15) is 14.9 Å². The zero-order valence-corrected chi connectivity index (χ0v) is 11.9. The smallest absolute Gasteiger partial charge is 0.288 e. The summed E-state index contributed by atoms with van der Waals surface area (Å²) in [5, 5.41) is 13.7. The zero-order valence-electron chi connectivity index (χ0n) is 11.2. The Kier molecular flexibility index (Phi) is 3.96. The molecule has 0 saturated carbocycles. The van der Waals surface area contributed by atoms with E-state index in [4.69, 9.17) is 16.3 Å². The molecule has 7 heteroatoms. The van der Waals surface area contributed by atoms with E-state index in [1.165, 1.54) is 18.2 Å². The van der Waals surface area contributed by atoms with Gasteiger partial charge in [0.2, 0.25) is 0 Å². The van der Waals surface area contributed by atoms with Gasteiger partial charge in [-0.3, -0.25) is 14.9 Å². The van der Waals surface area contributed by atoms with Crippen LogP contribution < -0.4 is 5.32 Å². The predicted octanol–water partition coefficient (Wildman–Crippen LogP) is 2.55. The average Bonchev–Trinajstić information content (AvgIpc) is 2.69. The van der Waals surface area contributed by atoms with Gasteiger partial charge in [-0.1, -0.05) is 11.6 Å². The van der Waals surface area contributed by atoms with Gasteiger partial charge in [0.15, 0.2) is 0 Å². The molecule has 1 aliphatic rings. The van der Waals surface area contributed by atoms with Crippen LogP contribution in [-0.4, -0.2) is 29.1 Å². The molecule has 1 N–H and O–H groups in total. The van der Waals surface area contributed by atoms with Gasteiger partial charge in [0.1, 0.15) is 5.02 Å². The van der Waals surface area contributed by atoms with E-state index in [0.29, 0.717) is 13.0 Å². The molecule has 1 aromatic rings. The molecule has 2 rings (SSSR count). The Morgan fingerprint density at radius 3 is 2.85 bits per heavy atom. The number of rotatable bonds is 3. The lowest BCUT2D eigenvalue weighted by molar-refractivity contribution is -0.384. The number of benzene rings is 1. The van der Waals surface area contributed by atoms with Crippen molar-refractivity contribution in [1.82, 2.24) is 5.32 Å². The average molecular weight is 299 g/mol.